The highest BCUT2D eigenvalue weighted by molar-refractivity contribution is 5.99. The Morgan fingerprint density at radius 2 is 1.48 bits per heavy atom. The van der Waals surface area contributed by atoms with Gasteiger partial charge in [-0.05, 0) is 42.3 Å². The molecular formula is C20H22FN3O3. The summed E-state index contributed by atoms with van der Waals surface area (Å²) in [5.41, 5.74) is 5.24. The molecule has 6 nitrogen and oxygen atoms in total. The summed E-state index contributed by atoms with van der Waals surface area (Å²) >= 11 is 0. The Morgan fingerprint density at radius 3 is 2.07 bits per heavy atom. The molecular weight excluding hydrogens is 349 g/mol. The maximum Gasteiger partial charge on any atom is 0.269 e. The van der Waals surface area contributed by atoms with Crippen molar-refractivity contribution in [2.24, 2.45) is 5.92 Å². The lowest BCUT2D eigenvalue weighted by molar-refractivity contribution is -0.124. The van der Waals surface area contributed by atoms with Crippen LogP contribution in [0.2, 0.25) is 0 Å². The van der Waals surface area contributed by atoms with E-state index < -0.39 is 23.7 Å². The first kappa shape index (κ1) is 20.1. The zero-order chi connectivity index (χ0) is 19.8. The molecule has 2 atom stereocenters. The molecule has 0 aliphatic carbocycles. The van der Waals surface area contributed by atoms with Gasteiger partial charge in [0.15, 0.2) is 0 Å². The van der Waals surface area contributed by atoms with Gasteiger partial charge in [0, 0.05) is 11.1 Å². The normalized spacial score (nSPS) is 12.6. The van der Waals surface area contributed by atoms with E-state index in [1.807, 2.05) is 13.8 Å². The van der Waals surface area contributed by atoms with Gasteiger partial charge in [0.1, 0.15) is 11.9 Å². The highest BCUT2D eigenvalue weighted by Gasteiger charge is 2.26. The Hall–Kier alpha value is -3.22. The van der Waals surface area contributed by atoms with Crippen LogP contribution in [0, 0.1) is 11.7 Å². The average molecular weight is 371 g/mol. The van der Waals surface area contributed by atoms with Crippen LogP contribution in [0.5, 0.6) is 0 Å². The lowest BCUT2D eigenvalue weighted by Crippen LogP contribution is -2.54. The number of amides is 3. The van der Waals surface area contributed by atoms with Gasteiger partial charge < -0.3 is 5.32 Å². The predicted molar refractivity (Wildman–Crippen MR) is 99.2 cm³/mol. The van der Waals surface area contributed by atoms with E-state index in [0.29, 0.717) is 12.0 Å². The Labute approximate surface area is 157 Å². The topological polar surface area (TPSA) is 87.3 Å². The molecule has 2 rings (SSSR count). The first-order valence-electron chi connectivity index (χ1n) is 8.64. The summed E-state index contributed by atoms with van der Waals surface area (Å²) in [7, 11) is 0. The van der Waals surface area contributed by atoms with Crippen molar-refractivity contribution in [3.05, 3.63) is 71.5 Å². The van der Waals surface area contributed by atoms with E-state index in [0.717, 1.165) is 12.1 Å². The molecule has 0 radical (unpaired) electrons. The van der Waals surface area contributed by atoms with Crippen LogP contribution in [0.4, 0.5) is 4.39 Å². The molecule has 27 heavy (non-hydrogen) atoms. The second-order valence-electron chi connectivity index (χ2n) is 6.15. The lowest BCUT2D eigenvalue weighted by Gasteiger charge is -2.23. The number of rotatable bonds is 6. The van der Waals surface area contributed by atoms with Gasteiger partial charge in [0.05, 0.1) is 0 Å². The molecule has 0 spiro atoms. The number of carbonyl (C=O) groups is 3. The molecule has 0 aromatic heterocycles. The summed E-state index contributed by atoms with van der Waals surface area (Å²) < 4.78 is 12.9. The van der Waals surface area contributed by atoms with E-state index in [1.54, 1.807) is 30.3 Å². The van der Waals surface area contributed by atoms with Crippen LogP contribution in [0.25, 0.3) is 0 Å². The van der Waals surface area contributed by atoms with E-state index in [1.165, 1.54) is 12.1 Å². The number of halogens is 1. The molecule has 0 bridgehead atoms. The SMILES string of the molecule is CCC(C)C(NC(=O)c1ccccc1)C(=O)NNC(=O)c1ccc(F)cc1. The number of nitrogens with one attached hydrogen (secondary N) is 3. The highest BCUT2D eigenvalue weighted by atomic mass is 19.1. The van der Waals surface area contributed by atoms with Crippen LogP contribution >= 0.6 is 0 Å². The van der Waals surface area contributed by atoms with Crippen LogP contribution in [0.15, 0.2) is 54.6 Å². The van der Waals surface area contributed by atoms with Crippen LogP contribution in [0.3, 0.4) is 0 Å². The standard InChI is InChI=1S/C20H22FN3O3/c1-3-13(2)17(22-18(25)14-7-5-4-6-8-14)20(27)24-23-19(26)15-9-11-16(21)12-10-15/h4-13,17H,3H2,1-2H3,(H,22,25)(H,23,26)(H,24,27). The molecule has 2 unspecified atom stereocenters. The van der Waals surface area contributed by atoms with Gasteiger partial charge in [-0.2, -0.15) is 0 Å². The van der Waals surface area contributed by atoms with E-state index in [9.17, 15) is 18.8 Å². The maximum absolute atomic E-state index is 12.9. The Bertz CT molecular complexity index is 794. The van der Waals surface area contributed by atoms with Crippen molar-refractivity contribution >= 4 is 17.7 Å². The molecule has 0 aliphatic heterocycles. The van der Waals surface area contributed by atoms with Crippen LogP contribution in [-0.4, -0.2) is 23.8 Å². The van der Waals surface area contributed by atoms with E-state index >= 15 is 0 Å². The minimum atomic E-state index is -0.823. The Morgan fingerprint density at radius 1 is 0.889 bits per heavy atom. The molecule has 0 aliphatic rings. The molecule has 142 valence electrons. The fraction of sp³-hybridized carbons (Fsp3) is 0.250. The predicted octanol–water partition coefficient (Wildman–Crippen LogP) is 2.43. The second kappa shape index (κ2) is 9.47. The largest absolute Gasteiger partial charge is 0.340 e. The van der Waals surface area contributed by atoms with Crippen molar-refractivity contribution in [1.82, 2.24) is 16.2 Å². The number of hydrazine groups is 1. The van der Waals surface area contributed by atoms with Gasteiger partial charge in [-0.25, -0.2) is 4.39 Å². The Kier molecular flexibility index (Phi) is 7.05. The quantitative estimate of drug-likeness (QED) is 0.682. The smallest absolute Gasteiger partial charge is 0.269 e. The van der Waals surface area contributed by atoms with E-state index in [-0.39, 0.29) is 17.4 Å². The van der Waals surface area contributed by atoms with Gasteiger partial charge in [-0.15, -0.1) is 0 Å². The van der Waals surface area contributed by atoms with E-state index in [4.69, 9.17) is 0 Å². The molecule has 0 saturated heterocycles. The third kappa shape index (κ3) is 5.64. The summed E-state index contributed by atoms with van der Waals surface area (Å²) in [5, 5.41) is 2.70. The molecule has 0 fully saturated rings. The molecule has 2 aromatic carbocycles. The molecule has 0 saturated carbocycles. The van der Waals surface area contributed by atoms with Crippen LogP contribution in [-0.2, 0) is 4.79 Å². The molecule has 7 heteroatoms. The zero-order valence-electron chi connectivity index (χ0n) is 15.2. The maximum atomic E-state index is 12.9. The minimum Gasteiger partial charge on any atom is -0.340 e. The van der Waals surface area contributed by atoms with Crippen LogP contribution in [0.1, 0.15) is 41.0 Å². The summed E-state index contributed by atoms with van der Waals surface area (Å²) in [5.74, 6) is -2.11. The van der Waals surface area contributed by atoms with Crippen molar-refractivity contribution in [2.75, 3.05) is 0 Å². The number of hydrogen-bond acceptors (Lipinski definition) is 3. The fourth-order valence-corrected chi connectivity index (χ4v) is 2.39. The zero-order valence-corrected chi connectivity index (χ0v) is 15.2. The third-order valence-corrected chi connectivity index (χ3v) is 4.22. The minimum absolute atomic E-state index is 0.152. The number of benzene rings is 2. The van der Waals surface area contributed by atoms with Gasteiger partial charge in [0.2, 0.25) is 0 Å². The first-order valence-corrected chi connectivity index (χ1v) is 8.64. The monoisotopic (exact) mass is 371 g/mol. The van der Waals surface area contributed by atoms with Gasteiger partial charge in [-0.3, -0.25) is 25.2 Å². The lowest BCUT2D eigenvalue weighted by atomic mass is 9.98. The molecule has 3 amide bonds. The second-order valence-corrected chi connectivity index (χ2v) is 6.15. The third-order valence-electron chi connectivity index (χ3n) is 4.22. The van der Waals surface area contributed by atoms with Crippen molar-refractivity contribution in [2.45, 2.75) is 26.3 Å². The summed E-state index contributed by atoms with van der Waals surface area (Å²) in [6, 6.07) is 12.6. The Balaban J connectivity index is 2.00. The van der Waals surface area contributed by atoms with Crippen molar-refractivity contribution < 1.29 is 18.8 Å². The number of hydrogen-bond donors (Lipinski definition) is 3. The first-order chi connectivity index (χ1) is 12.9. The van der Waals surface area contributed by atoms with E-state index in [2.05, 4.69) is 16.2 Å². The van der Waals surface area contributed by atoms with Gasteiger partial charge >= 0.3 is 0 Å². The fourth-order valence-electron chi connectivity index (χ4n) is 2.39. The number of carbonyl (C=O) groups excluding carboxylic acids is 3. The van der Waals surface area contributed by atoms with Crippen molar-refractivity contribution in [3.63, 3.8) is 0 Å². The summed E-state index contributed by atoms with van der Waals surface area (Å²) in [6.45, 7) is 3.73. The molecule has 2 aromatic rings. The van der Waals surface area contributed by atoms with Crippen molar-refractivity contribution in [3.8, 4) is 0 Å². The highest BCUT2D eigenvalue weighted by Crippen LogP contribution is 2.10. The van der Waals surface area contributed by atoms with Gasteiger partial charge in [-0.1, -0.05) is 38.5 Å². The van der Waals surface area contributed by atoms with Gasteiger partial charge in [0.25, 0.3) is 17.7 Å². The van der Waals surface area contributed by atoms with Crippen LogP contribution < -0.4 is 16.2 Å². The average Bonchev–Trinajstić information content (AvgIpc) is 2.70. The summed E-state index contributed by atoms with van der Waals surface area (Å²) in [4.78, 5) is 36.9. The summed E-state index contributed by atoms with van der Waals surface area (Å²) in [6.07, 6.45) is 0.652. The molecule has 3 N–H and O–H groups in total. The van der Waals surface area contributed by atoms with Crippen molar-refractivity contribution in [1.29, 1.82) is 0 Å². The molecule has 0 heterocycles.